The van der Waals surface area contributed by atoms with E-state index in [4.69, 9.17) is 0 Å². The molecule has 2 N–H and O–H groups in total. The van der Waals surface area contributed by atoms with Gasteiger partial charge in [0.15, 0.2) is 0 Å². The standard InChI is InChI=1S/C19H23N3O/c1-15(2)13-18(16-9-5-3-6-10-16)21-22-19(23)14-20-17-11-7-4-8-12-17/h3-12,15,20H,13-14H2,1-2H3,(H,22,23). The van der Waals surface area contributed by atoms with E-state index in [0.29, 0.717) is 5.92 Å². The van der Waals surface area contributed by atoms with Gasteiger partial charge in [-0.05, 0) is 30.0 Å². The molecule has 1 amide bonds. The van der Waals surface area contributed by atoms with Crippen LogP contribution in [0.15, 0.2) is 65.8 Å². The molecular weight excluding hydrogens is 286 g/mol. The molecule has 0 saturated carbocycles. The van der Waals surface area contributed by atoms with Gasteiger partial charge in [-0.3, -0.25) is 4.79 Å². The quantitative estimate of drug-likeness (QED) is 0.606. The minimum atomic E-state index is -0.161. The van der Waals surface area contributed by atoms with Crippen LogP contribution in [0.1, 0.15) is 25.8 Å². The molecular formula is C19H23N3O. The Bertz CT molecular complexity index is 636. The molecule has 120 valence electrons. The number of carbonyl (C=O) groups excluding carboxylic acids is 1. The SMILES string of the molecule is CC(C)CC(=NNC(=O)CNc1ccccc1)c1ccccc1. The zero-order valence-corrected chi connectivity index (χ0v) is 13.6. The lowest BCUT2D eigenvalue weighted by Crippen LogP contribution is -2.27. The fourth-order valence-corrected chi connectivity index (χ4v) is 2.15. The molecule has 0 saturated heterocycles. The Morgan fingerprint density at radius 2 is 1.61 bits per heavy atom. The van der Waals surface area contributed by atoms with Gasteiger partial charge < -0.3 is 5.32 Å². The van der Waals surface area contributed by atoms with Crippen LogP contribution in [-0.2, 0) is 4.79 Å². The number of nitrogens with zero attached hydrogens (tertiary/aromatic N) is 1. The summed E-state index contributed by atoms with van der Waals surface area (Å²) >= 11 is 0. The van der Waals surface area contributed by atoms with Gasteiger partial charge in [-0.25, -0.2) is 5.43 Å². The predicted molar refractivity (Wildman–Crippen MR) is 95.5 cm³/mol. The number of anilines is 1. The van der Waals surface area contributed by atoms with Crippen LogP contribution >= 0.6 is 0 Å². The minimum Gasteiger partial charge on any atom is -0.376 e. The molecule has 4 heteroatoms. The van der Waals surface area contributed by atoms with E-state index in [2.05, 4.69) is 29.7 Å². The molecule has 4 nitrogen and oxygen atoms in total. The second-order valence-corrected chi connectivity index (χ2v) is 5.78. The normalized spacial score (nSPS) is 11.3. The summed E-state index contributed by atoms with van der Waals surface area (Å²) in [6, 6.07) is 19.6. The maximum Gasteiger partial charge on any atom is 0.259 e. The van der Waals surface area contributed by atoms with Crippen molar-refractivity contribution in [3.05, 3.63) is 66.2 Å². The van der Waals surface area contributed by atoms with Crippen molar-refractivity contribution < 1.29 is 4.79 Å². The number of amides is 1. The van der Waals surface area contributed by atoms with Crippen molar-refractivity contribution in [3.8, 4) is 0 Å². The van der Waals surface area contributed by atoms with E-state index < -0.39 is 0 Å². The summed E-state index contributed by atoms with van der Waals surface area (Å²) in [5.41, 5.74) is 5.49. The van der Waals surface area contributed by atoms with Crippen molar-refractivity contribution in [2.75, 3.05) is 11.9 Å². The molecule has 0 heterocycles. The summed E-state index contributed by atoms with van der Waals surface area (Å²) in [6.07, 6.45) is 0.816. The van der Waals surface area contributed by atoms with Gasteiger partial charge in [0.2, 0.25) is 0 Å². The zero-order chi connectivity index (χ0) is 16.5. The highest BCUT2D eigenvalue weighted by molar-refractivity contribution is 6.01. The van der Waals surface area contributed by atoms with Crippen LogP contribution in [0, 0.1) is 5.92 Å². The molecule has 0 aliphatic carbocycles. The molecule has 2 aromatic carbocycles. The fourth-order valence-electron chi connectivity index (χ4n) is 2.15. The van der Waals surface area contributed by atoms with Crippen LogP contribution in [0.3, 0.4) is 0 Å². The van der Waals surface area contributed by atoms with Gasteiger partial charge in [-0.1, -0.05) is 62.4 Å². The first-order valence-corrected chi connectivity index (χ1v) is 7.85. The fraction of sp³-hybridized carbons (Fsp3) is 0.263. The summed E-state index contributed by atoms with van der Waals surface area (Å²) in [4.78, 5) is 12.0. The van der Waals surface area contributed by atoms with Crippen molar-refractivity contribution in [2.45, 2.75) is 20.3 Å². The number of rotatable bonds is 7. The molecule has 23 heavy (non-hydrogen) atoms. The highest BCUT2D eigenvalue weighted by Gasteiger charge is 2.07. The average Bonchev–Trinajstić information content (AvgIpc) is 2.58. The second-order valence-electron chi connectivity index (χ2n) is 5.78. The Morgan fingerprint density at radius 1 is 1.00 bits per heavy atom. The van der Waals surface area contributed by atoms with Crippen molar-refractivity contribution in [1.29, 1.82) is 0 Å². The topological polar surface area (TPSA) is 53.5 Å². The molecule has 0 bridgehead atoms. The molecule has 0 aromatic heterocycles. The lowest BCUT2D eigenvalue weighted by Gasteiger charge is -2.10. The number of benzene rings is 2. The van der Waals surface area contributed by atoms with Crippen LogP contribution < -0.4 is 10.7 Å². The Labute approximate surface area is 137 Å². The maximum absolute atomic E-state index is 12.0. The highest BCUT2D eigenvalue weighted by atomic mass is 16.2. The van der Waals surface area contributed by atoms with Gasteiger partial charge in [0.25, 0.3) is 5.91 Å². The number of nitrogens with one attached hydrogen (secondary N) is 2. The summed E-state index contributed by atoms with van der Waals surface area (Å²) in [5.74, 6) is 0.305. The van der Waals surface area contributed by atoms with Gasteiger partial charge in [0, 0.05) is 5.69 Å². The number of para-hydroxylation sites is 1. The molecule has 0 unspecified atom stereocenters. The van der Waals surface area contributed by atoms with Crippen LogP contribution in [0.25, 0.3) is 0 Å². The van der Waals surface area contributed by atoms with E-state index in [1.165, 1.54) is 0 Å². The Balaban J connectivity index is 1.95. The number of hydrazone groups is 1. The third-order valence-corrected chi connectivity index (χ3v) is 3.25. The molecule has 0 fully saturated rings. The zero-order valence-electron chi connectivity index (χ0n) is 13.6. The van der Waals surface area contributed by atoms with E-state index in [1.807, 2.05) is 60.7 Å². The number of hydrogen-bond acceptors (Lipinski definition) is 3. The van der Waals surface area contributed by atoms with E-state index in [9.17, 15) is 4.79 Å². The Hall–Kier alpha value is -2.62. The second kappa shape index (κ2) is 8.73. The van der Waals surface area contributed by atoms with E-state index in [-0.39, 0.29) is 12.5 Å². The lowest BCUT2D eigenvalue weighted by atomic mass is 10.0. The number of hydrogen-bond donors (Lipinski definition) is 2. The van der Waals surface area contributed by atoms with E-state index in [1.54, 1.807) is 0 Å². The van der Waals surface area contributed by atoms with Crippen molar-refractivity contribution in [2.24, 2.45) is 11.0 Å². The molecule has 0 aliphatic rings. The van der Waals surface area contributed by atoms with Crippen molar-refractivity contribution in [3.63, 3.8) is 0 Å². The summed E-state index contributed by atoms with van der Waals surface area (Å²) < 4.78 is 0. The minimum absolute atomic E-state index is 0.161. The third kappa shape index (κ3) is 5.94. The summed E-state index contributed by atoms with van der Waals surface area (Å²) in [6.45, 7) is 4.46. The van der Waals surface area contributed by atoms with Gasteiger partial charge in [0.05, 0.1) is 12.3 Å². The van der Waals surface area contributed by atoms with E-state index >= 15 is 0 Å². The van der Waals surface area contributed by atoms with Gasteiger partial charge in [0.1, 0.15) is 0 Å². The Morgan fingerprint density at radius 3 is 2.22 bits per heavy atom. The first-order chi connectivity index (χ1) is 11.1. The molecule has 0 aliphatic heterocycles. The molecule has 0 radical (unpaired) electrons. The number of carbonyl (C=O) groups is 1. The average molecular weight is 309 g/mol. The smallest absolute Gasteiger partial charge is 0.259 e. The highest BCUT2D eigenvalue weighted by Crippen LogP contribution is 2.10. The molecule has 0 atom stereocenters. The molecule has 0 spiro atoms. The molecule has 2 rings (SSSR count). The van der Waals surface area contributed by atoms with Crippen LogP contribution in [-0.4, -0.2) is 18.2 Å². The maximum atomic E-state index is 12.0. The summed E-state index contributed by atoms with van der Waals surface area (Å²) in [7, 11) is 0. The van der Waals surface area contributed by atoms with Crippen LogP contribution in [0.2, 0.25) is 0 Å². The lowest BCUT2D eigenvalue weighted by molar-refractivity contribution is -0.119. The monoisotopic (exact) mass is 309 g/mol. The third-order valence-electron chi connectivity index (χ3n) is 3.25. The summed E-state index contributed by atoms with van der Waals surface area (Å²) in [5, 5.41) is 7.39. The first kappa shape index (κ1) is 16.7. The molecule has 2 aromatic rings. The van der Waals surface area contributed by atoms with Crippen molar-refractivity contribution >= 4 is 17.3 Å². The Kier molecular flexibility index (Phi) is 6.36. The van der Waals surface area contributed by atoms with Gasteiger partial charge in [-0.2, -0.15) is 5.10 Å². The van der Waals surface area contributed by atoms with Gasteiger partial charge in [-0.15, -0.1) is 0 Å². The van der Waals surface area contributed by atoms with Crippen LogP contribution in [0.4, 0.5) is 5.69 Å². The van der Waals surface area contributed by atoms with E-state index in [0.717, 1.165) is 23.4 Å². The van der Waals surface area contributed by atoms with Crippen molar-refractivity contribution in [1.82, 2.24) is 5.43 Å². The largest absolute Gasteiger partial charge is 0.376 e. The predicted octanol–water partition coefficient (Wildman–Crippen LogP) is 3.67. The van der Waals surface area contributed by atoms with Gasteiger partial charge >= 0.3 is 0 Å². The first-order valence-electron chi connectivity index (χ1n) is 7.85. The van der Waals surface area contributed by atoms with Crippen LogP contribution in [0.5, 0.6) is 0 Å².